The molecule has 0 atom stereocenters. The first-order chi connectivity index (χ1) is 8.75. The second-order valence-electron chi connectivity index (χ2n) is 4.20. The number of nitrogens with one attached hydrogen (secondary N) is 1. The summed E-state index contributed by atoms with van der Waals surface area (Å²) in [4.78, 5) is 11.2. The molecule has 0 aliphatic heterocycles. The van der Waals surface area contributed by atoms with Gasteiger partial charge < -0.3 is 10.1 Å². The predicted molar refractivity (Wildman–Crippen MR) is 71.5 cm³/mol. The summed E-state index contributed by atoms with van der Waals surface area (Å²) in [6.45, 7) is 5.48. The molecule has 0 saturated carbocycles. The molecular formula is C12H18N2O4S. The third-order valence-electron chi connectivity index (χ3n) is 2.41. The van der Waals surface area contributed by atoms with Gasteiger partial charge in [0.25, 0.3) is 5.91 Å². The first-order valence-corrected chi connectivity index (χ1v) is 7.34. The molecule has 1 aromatic rings. The van der Waals surface area contributed by atoms with E-state index >= 15 is 0 Å². The Morgan fingerprint density at radius 1 is 1.37 bits per heavy atom. The van der Waals surface area contributed by atoms with Gasteiger partial charge in [0.05, 0.1) is 0 Å². The van der Waals surface area contributed by atoms with Gasteiger partial charge in [0.2, 0.25) is 10.0 Å². The van der Waals surface area contributed by atoms with E-state index in [-0.39, 0.29) is 23.2 Å². The van der Waals surface area contributed by atoms with Gasteiger partial charge in [0, 0.05) is 6.54 Å². The fraction of sp³-hybridized carbons (Fsp3) is 0.417. The number of hydrogen-bond donors (Lipinski definition) is 2. The van der Waals surface area contributed by atoms with E-state index in [9.17, 15) is 13.2 Å². The van der Waals surface area contributed by atoms with Crippen LogP contribution in [-0.2, 0) is 14.8 Å². The molecular weight excluding hydrogens is 268 g/mol. The summed E-state index contributed by atoms with van der Waals surface area (Å²) in [5, 5.41) is 7.71. The second kappa shape index (κ2) is 6.03. The summed E-state index contributed by atoms with van der Waals surface area (Å²) in [6.07, 6.45) is 0. The minimum absolute atomic E-state index is 0.103. The number of likely N-dealkylation sites (N-methyl/N-ethyl adjacent to an activating group) is 1. The van der Waals surface area contributed by atoms with Gasteiger partial charge in [-0.3, -0.25) is 4.79 Å². The lowest BCUT2D eigenvalue weighted by Crippen LogP contribution is -2.29. The molecule has 0 aromatic heterocycles. The standard InChI is InChI=1S/C12H18N2O4S/c1-4-14-11(15)7-18-12-9(3)5-8(2)6-10(12)19(13,16)17/h5-6H,4,7H2,1-3H3,(H,14,15)(H2,13,16,17). The highest BCUT2D eigenvalue weighted by atomic mass is 32.2. The highest BCUT2D eigenvalue weighted by Crippen LogP contribution is 2.28. The normalized spacial score (nSPS) is 11.2. The van der Waals surface area contributed by atoms with Crippen LogP contribution < -0.4 is 15.2 Å². The summed E-state index contributed by atoms with van der Waals surface area (Å²) < 4.78 is 28.3. The number of nitrogens with two attached hydrogens (primary N) is 1. The molecule has 7 heteroatoms. The summed E-state index contributed by atoms with van der Waals surface area (Å²) in [6, 6.07) is 3.19. The lowest BCUT2D eigenvalue weighted by Gasteiger charge is -2.13. The van der Waals surface area contributed by atoms with Gasteiger partial charge in [0.1, 0.15) is 10.6 Å². The Balaban J connectivity index is 3.09. The molecule has 0 unspecified atom stereocenters. The third-order valence-corrected chi connectivity index (χ3v) is 3.33. The molecule has 0 spiro atoms. The van der Waals surface area contributed by atoms with Crippen molar-refractivity contribution in [2.45, 2.75) is 25.7 Å². The van der Waals surface area contributed by atoms with Gasteiger partial charge in [-0.05, 0) is 38.0 Å². The summed E-state index contributed by atoms with van der Waals surface area (Å²) >= 11 is 0. The number of carbonyl (C=O) groups is 1. The SMILES string of the molecule is CCNC(=O)COc1c(C)cc(C)cc1S(N)(=O)=O. The van der Waals surface area contributed by atoms with Gasteiger partial charge in [-0.1, -0.05) is 6.07 Å². The number of rotatable bonds is 5. The number of carbonyl (C=O) groups excluding carboxylic acids is 1. The fourth-order valence-electron chi connectivity index (χ4n) is 1.70. The lowest BCUT2D eigenvalue weighted by atomic mass is 10.1. The molecule has 0 bridgehead atoms. The highest BCUT2D eigenvalue weighted by Gasteiger charge is 2.18. The zero-order valence-electron chi connectivity index (χ0n) is 11.2. The van der Waals surface area contributed by atoms with Gasteiger partial charge in [-0.15, -0.1) is 0 Å². The number of sulfonamides is 1. The van der Waals surface area contributed by atoms with Crippen molar-refractivity contribution in [3.8, 4) is 5.75 Å². The van der Waals surface area contributed by atoms with Crippen LogP contribution in [0.15, 0.2) is 17.0 Å². The van der Waals surface area contributed by atoms with E-state index in [1.54, 1.807) is 26.8 Å². The Labute approximate surface area is 113 Å². The first-order valence-electron chi connectivity index (χ1n) is 5.79. The molecule has 6 nitrogen and oxygen atoms in total. The summed E-state index contributed by atoms with van der Waals surface area (Å²) in [5.41, 5.74) is 1.38. The van der Waals surface area contributed by atoms with Crippen molar-refractivity contribution in [3.05, 3.63) is 23.3 Å². The number of hydrogen-bond acceptors (Lipinski definition) is 4. The van der Waals surface area contributed by atoms with Crippen molar-refractivity contribution in [2.24, 2.45) is 5.14 Å². The van der Waals surface area contributed by atoms with Crippen molar-refractivity contribution in [3.63, 3.8) is 0 Å². The van der Waals surface area contributed by atoms with Crippen molar-refractivity contribution in [2.75, 3.05) is 13.2 Å². The van der Waals surface area contributed by atoms with Crippen LogP contribution >= 0.6 is 0 Å². The van der Waals surface area contributed by atoms with E-state index in [0.717, 1.165) is 5.56 Å². The Morgan fingerprint density at radius 3 is 2.53 bits per heavy atom. The highest BCUT2D eigenvalue weighted by molar-refractivity contribution is 7.89. The van der Waals surface area contributed by atoms with Crippen molar-refractivity contribution >= 4 is 15.9 Å². The monoisotopic (exact) mass is 286 g/mol. The molecule has 19 heavy (non-hydrogen) atoms. The second-order valence-corrected chi connectivity index (χ2v) is 5.73. The molecule has 0 heterocycles. The van der Waals surface area contributed by atoms with E-state index < -0.39 is 10.0 Å². The average Bonchev–Trinajstić information content (AvgIpc) is 2.26. The van der Waals surface area contributed by atoms with Gasteiger partial charge >= 0.3 is 0 Å². The smallest absolute Gasteiger partial charge is 0.257 e. The molecule has 106 valence electrons. The molecule has 3 N–H and O–H groups in total. The zero-order chi connectivity index (χ0) is 14.6. The molecule has 0 saturated heterocycles. The maximum atomic E-state index is 11.5. The molecule has 0 fully saturated rings. The van der Waals surface area contributed by atoms with E-state index in [0.29, 0.717) is 12.1 Å². The maximum absolute atomic E-state index is 11.5. The van der Waals surface area contributed by atoms with Crippen LogP contribution in [0.1, 0.15) is 18.1 Å². The van der Waals surface area contributed by atoms with Crippen LogP contribution in [-0.4, -0.2) is 27.5 Å². The Morgan fingerprint density at radius 2 is 2.00 bits per heavy atom. The van der Waals surface area contributed by atoms with E-state index in [1.807, 2.05) is 0 Å². The van der Waals surface area contributed by atoms with Crippen molar-refractivity contribution in [1.82, 2.24) is 5.32 Å². The molecule has 0 aliphatic carbocycles. The molecule has 0 aliphatic rings. The number of aryl methyl sites for hydroxylation is 2. The van der Waals surface area contributed by atoms with Crippen molar-refractivity contribution in [1.29, 1.82) is 0 Å². The van der Waals surface area contributed by atoms with Crippen LogP contribution in [0.4, 0.5) is 0 Å². The number of ether oxygens (including phenoxy) is 1. The number of benzene rings is 1. The van der Waals surface area contributed by atoms with Gasteiger partial charge in [-0.25, -0.2) is 13.6 Å². The Hall–Kier alpha value is -1.60. The largest absolute Gasteiger partial charge is 0.482 e. The van der Waals surface area contributed by atoms with E-state index in [1.165, 1.54) is 6.07 Å². The quantitative estimate of drug-likeness (QED) is 0.821. The Bertz CT molecular complexity index is 582. The van der Waals surface area contributed by atoms with Crippen LogP contribution in [0, 0.1) is 13.8 Å². The number of primary sulfonamides is 1. The Kier molecular flexibility index (Phi) is 4.90. The lowest BCUT2D eigenvalue weighted by molar-refractivity contribution is -0.123. The van der Waals surface area contributed by atoms with E-state index in [2.05, 4.69) is 5.32 Å². The van der Waals surface area contributed by atoms with E-state index in [4.69, 9.17) is 9.88 Å². The average molecular weight is 286 g/mol. The molecule has 1 amide bonds. The van der Waals surface area contributed by atoms with Crippen LogP contribution in [0.3, 0.4) is 0 Å². The van der Waals surface area contributed by atoms with Crippen LogP contribution in [0.25, 0.3) is 0 Å². The first kappa shape index (κ1) is 15.5. The molecule has 1 rings (SSSR count). The van der Waals surface area contributed by atoms with Gasteiger partial charge in [0.15, 0.2) is 6.61 Å². The summed E-state index contributed by atoms with van der Waals surface area (Å²) in [7, 11) is -3.90. The summed E-state index contributed by atoms with van der Waals surface area (Å²) in [5.74, 6) is -0.192. The minimum atomic E-state index is -3.90. The third kappa shape index (κ3) is 4.22. The fourth-order valence-corrected chi connectivity index (χ4v) is 2.53. The number of amides is 1. The molecule has 0 radical (unpaired) electrons. The predicted octanol–water partition coefficient (Wildman–Crippen LogP) is 0.466. The maximum Gasteiger partial charge on any atom is 0.257 e. The van der Waals surface area contributed by atoms with Crippen molar-refractivity contribution < 1.29 is 17.9 Å². The van der Waals surface area contributed by atoms with Crippen LogP contribution in [0.5, 0.6) is 5.75 Å². The van der Waals surface area contributed by atoms with Gasteiger partial charge in [-0.2, -0.15) is 0 Å². The van der Waals surface area contributed by atoms with Crippen LogP contribution in [0.2, 0.25) is 0 Å². The zero-order valence-corrected chi connectivity index (χ0v) is 12.0. The molecule has 1 aromatic carbocycles. The topological polar surface area (TPSA) is 98.5 Å². The minimum Gasteiger partial charge on any atom is -0.482 e.